The smallest absolute Gasteiger partial charge is 0.305 e. The van der Waals surface area contributed by atoms with E-state index in [0.29, 0.717) is 5.56 Å². The second-order valence-corrected chi connectivity index (χ2v) is 27.9. The van der Waals surface area contributed by atoms with Gasteiger partial charge in [-0.3, -0.25) is 91.7 Å². The van der Waals surface area contributed by atoms with Gasteiger partial charge in [0.1, 0.15) is 66.5 Å². The molecule has 1 heterocycles. The molecule has 0 aromatic heterocycles. The zero-order chi connectivity index (χ0) is 82.7. The van der Waals surface area contributed by atoms with E-state index in [4.69, 9.17) is 45.9 Å². The molecular formula is C64H107N25O19S2. The molecule has 15 amide bonds. The molecule has 33 N–H and O–H groups in total. The van der Waals surface area contributed by atoms with Crippen molar-refractivity contribution in [2.45, 2.75) is 171 Å². The average Bonchev–Trinajstić information content (AvgIpc) is 0.852. The zero-order valence-electron chi connectivity index (χ0n) is 61.8. The Hall–Kier alpha value is -10.9. The highest BCUT2D eigenvalue weighted by Gasteiger charge is 2.38. The number of primary amides is 1. The third-order valence-corrected chi connectivity index (χ3v) is 19.0. The van der Waals surface area contributed by atoms with E-state index in [1.54, 1.807) is 51.1 Å². The van der Waals surface area contributed by atoms with Gasteiger partial charge in [-0.1, -0.05) is 92.5 Å². The summed E-state index contributed by atoms with van der Waals surface area (Å²) in [5.74, 6) is -20.5. The number of hydrogen-bond donors (Lipinski definition) is 25. The first kappa shape index (κ1) is 95.2. The number of nitrogens with zero attached hydrogens (tertiary/aromatic N) is 3. The number of aliphatic carboxylic acids is 1. The lowest BCUT2D eigenvalue weighted by Gasteiger charge is -2.29. The van der Waals surface area contributed by atoms with Crippen molar-refractivity contribution >= 4 is 134 Å². The molecule has 4 unspecified atom stereocenters. The molecule has 614 valence electrons. The van der Waals surface area contributed by atoms with Gasteiger partial charge in [0.15, 0.2) is 17.9 Å². The number of rotatable bonds is 29. The van der Waals surface area contributed by atoms with Gasteiger partial charge in [-0.05, 0) is 62.8 Å². The molecule has 1 aliphatic heterocycles. The van der Waals surface area contributed by atoms with Crippen molar-refractivity contribution in [2.24, 2.45) is 72.7 Å². The van der Waals surface area contributed by atoms with Crippen molar-refractivity contribution in [3.63, 3.8) is 0 Å². The lowest BCUT2D eigenvalue weighted by atomic mass is 9.96. The number of carboxylic acids is 1. The van der Waals surface area contributed by atoms with Crippen LogP contribution in [0.5, 0.6) is 0 Å². The first-order valence-corrected chi connectivity index (χ1v) is 37.5. The summed E-state index contributed by atoms with van der Waals surface area (Å²) in [6.07, 6.45) is -1.14. The number of nitrogens with two attached hydrogens (primary N) is 8. The largest absolute Gasteiger partial charge is 0.481 e. The third kappa shape index (κ3) is 36.8. The predicted molar refractivity (Wildman–Crippen MR) is 403 cm³/mol. The van der Waals surface area contributed by atoms with Crippen molar-refractivity contribution in [2.75, 3.05) is 64.0 Å². The molecule has 0 saturated carbocycles. The highest BCUT2D eigenvalue weighted by atomic mass is 33.1. The van der Waals surface area contributed by atoms with Crippen LogP contribution in [0.2, 0.25) is 0 Å². The molecule has 14 atom stereocenters. The molecule has 0 aliphatic carbocycles. The van der Waals surface area contributed by atoms with Crippen molar-refractivity contribution in [3.8, 4) is 0 Å². The maximum absolute atomic E-state index is 14.6. The number of guanidine groups is 3. The fourth-order valence-electron chi connectivity index (χ4n) is 9.89. The molecule has 1 aromatic rings. The minimum atomic E-state index is -1.95. The molecule has 0 spiro atoms. The van der Waals surface area contributed by atoms with E-state index in [1.807, 2.05) is 0 Å². The van der Waals surface area contributed by atoms with Gasteiger partial charge in [-0.15, -0.1) is 0 Å². The summed E-state index contributed by atoms with van der Waals surface area (Å²) in [6.45, 7) is 2.88. The summed E-state index contributed by atoms with van der Waals surface area (Å²) >= 11 is 0. The van der Waals surface area contributed by atoms with Crippen LogP contribution in [-0.2, 0) is 83.1 Å². The van der Waals surface area contributed by atoms with Crippen LogP contribution < -0.4 is 120 Å². The summed E-state index contributed by atoms with van der Waals surface area (Å²) in [6, 6.07) is -11.2. The number of aliphatic hydroxyl groups excluding tert-OH is 2. The zero-order valence-corrected chi connectivity index (χ0v) is 63.4. The van der Waals surface area contributed by atoms with E-state index >= 15 is 0 Å². The number of benzene rings is 1. The molecule has 0 bridgehead atoms. The number of carboxylic acid groups (broad SMARTS) is 1. The lowest BCUT2D eigenvalue weighted by molar-refractivity contribution is -0.142. The van der Waals surface area contributed by atoms with Crippen molar-refractivity contribution in [3.05, 3.63) is 35.9 Å². The molecular weight excluding hydrogens is 1490 g/mol. The van der Waals surface area contributed by atoms with Crippen LogP contribution in [0.1, 0.15) is 98.0 Å². The molecule has 110 heavy (non-hydrogen) atoms. The number of nitrogens with one attached hydrogen (secondary N) is 14. The summed E-state index contributed by atoms with van der Waals surface area (Å²) in [5.41, 5.74) is 44.8. The standard InChI is InChI=1S/C64H107N25O19S2/c1-6-31(3)48-60(107)78-26-45(93)79-33(5)51(98)86-42(50(66)97)29-109-110-30-43(87-58(105)41(28-91)85-57(104)40(27-90)84-52(99)35(65)16-11-19-73-62(67)68)59(106)82-38(22-34-14-9-8-10-15-34)53(100)77-24-44(92)76-25-46(94)80-36(17-12-20-74-63(69)70)54(101)89-49(32(4)7-2)61(108)83-39(23-47(95)96)56(103)81-37(55(102)88-48)18-13-21-75-64(71)72/h8-10,14-15,31-33,35-43,48-49,90-91H,6-7,11-13,16-30,65H2,1-5H3,(H2,66,97)(H,76,92)(H,77,100)(H,78,107)(H,79,93)(H,80,94)(H,81,103)(H,82,106)(H,83,108)(H,84,99)(H,85,104)(H,86,98)(H,87,105)(H,88,102)(H,89,101)(H,95,96)(H4,67,68,73)(H4,69,70,74)(H4,71,72,75)/t31-,32-,33-,35-,36?,37-,38?,39?,40-,41-,42?,43-,48-,49-/m0/s1. The van der Waals surface area contributed by atoms with E-state index in [2.05, 4.69) is 89.4 Å². The van der Waals surface area contributed by atoms with Crippen molar-refractivity contribution < 1.29 is 92.0 Å². The fraction of sp³-hybridized carbons (Fsp3) is 0.609. The number of amides is 15. The van der Waals surface area contributed by atoms with Crippen LogP contribution in [-0.4, -0.2) is 264 Å². The van der Waals surface area contributed by atoms with Crippen LogP contribution in [0, 0.1) is 11.8 Å². The molecule has 46 heteroatoms. The van der Waals surface area contributed by atoms with E-state index < -0.39 is 224 Å². The molecule has 0 radical (unpaired) electrons. The Balaban J connectivity index is 2.78. The van der Waals surface area contributed by atoms with Crippen LogP contribution in [0.3, 0.4) is 0 Å². The van der Waals surface area contributed by atoms with Crippen LogP contribution in [0.25, 0.3) is 0 Å². The maximum Gasteiger partial charge on any atom is 0.305 e. The van der Waals surface area contributed by atoms with E-state index in [1.165, 1.54) is 13.8 Å². The second kappa shape index (κ2) is 50.7. The molecule has 1 fully saturated rings. The quantitative estimate of drug-likeness (QED) is 0.0153. The van der Waals surface area contributed by atoms with Crippen LogP contribution in [0.4, 0.5) is 0 Å². The number of carbonyl (C=O) groups is 16. The van der Waals surface area contributed by atoms with Crippen molar-refractivity contribution in [1.29, 1.82) is 0 Å². The van der Waals surface area contributed by atoms with Gasteiger partial charge in [0.05, 0.1) is 45.3 Å². The molecule has 2 rings (SSSR count). The Kier molecular flexibility index (Phi) is 43.9. The number of aliphatic imine (C=N–C) groups is 3. The predicted octanol–water partition coefficient (Wildman–Crippen LogP) is -11.1. The highest BCUT2D eigenvalue weighted by molar-refractivity contribution is 8.76. The van der Waals surface area contributed by atoms with E-state index in [9.17, 15) is 92.0 Å². The summed E-state index contributed by atoms with van der Waals surface area (Å²) in [4.78, 5) is 231. The van der Waals surface area contributed by atoms with Crippen LogP contribution >= 0.6 is 21.6 Å². The second-order valence-electron chi connectivity index (χ2n) is 25.4. The Bertz CT molecular complexity index is 3400. The Morgan fingerprint density at radius 3 is 1.52 bits per heavy atom. The summed E-state index contributed by atoms with van der Waals surface area (Å²) < 4.78 is 0. The normalized spacial score (nSPS) is 22.6. The Labute approximate surface area is 641 Å². The maximum atomic E-state index is 14.6. The van der Waals surface area contributed by atoms with Gasteiger partial charge >= 0.3 is 5.97 Å². The minimum absolute atomic E-state index is 0.00703. The first-order valence-electron chi connectivity index (χ1n) is 35.0. The number of hydrogen-bond acceptors (Lipinski definition) is 24. The van der Waals surface area contributed by atoms with Gasteiger partial charge in [0.2, 0.25) is 88.6 Å². The first-order chi connectivity index (χ1) is 51.9. The Morgan fingerprint density at radius 1 is 0.518 bits per heavy atom. The van der Waals surface area contributed by atoms with Gasteiger partial charge in [0.25, 0.3) is 0 Å². The van der Waals surface area contributed by atoms with Crippen molar-refractivity contribution in [1.82, 2.24) is 74.4 Å². The topological polar surface area (TPSA) is 747 Å². The Morgan fingerprint density at radius 2 is 0.982 bits per heavy atom. The monoisotopic (exact) mass is 1590 g/mol. The van der Waals surface area contributed by atoms with Gasteiger partial charge < -0.3 is 136 Å². The lowest BCUT2D eigenvalue weighted by Crippen LogP contribution is -2.61. The minimum Gasteiger partial charge on any atom is -0.481 e. The highest BCUT2D eigenvalue weighted by Crippen LogP contribution is 2.24. The van der Waals surface area contributed by atoms with Gasteiger partial charge in [-0.2, -0.15) is 0 Å². The number of aliphatic hydroxyl groups is 2. The third-order valence-electron chi connectivity index (χ3n) is 16.5. The van der Waals surface area contributed by atoms with Gasteiger partial charge in [-0.25, -0.2) is 0 Å². The number of carbonyl (C=O) groups excluding carboxylic acids is 15. The molecule has 44 nitrogen and oxygen atoms in total. The van der Waals surface area contributed by atoms with E-state index in [-0.39, 0.29) is 101 Å². The summed E-state index contributed by atoms with van der Waals surface area (Å²) in [7, 11) is 1.60. The van der Waals surface area contributed by atoms with Gasteiger partial charge in [0, 0.05) is 37.6 Å². The SMILES string of the molecule is CC[C@H](C)[C@@H]1NC(=O)C(CCCN=C(N)N)NC(=O)CNC(=O)CNC(=O)C(Cc2ccccc2)NC(=O)[C@@H](NC(=O)[C@H](CO)NC(=O)[C@H](CO)NC(=O)[C@@H](N)CCCN=C(N)N)CSSCC(C(N)=O)NC(=O)[C@H](C)NC(=O)CNC(=O)[C@H]([C@@H](C)CC)NC(=O)[C@H](CCCN=C(N)N)NC(=O)C(CC(=O)O)NC1=O. The molecule has 1 saturated heterocycles. The molecule has 1 aliphatic rings. The van der Waals surface area contributed by atoms with Crippen LogP contribution in [0.15, 0.2) is 45.3 Å². The molecule has 1 aromatic carbocycles. The fourth-order valence-corrected chi connectivity index (χ4v) is 12.2. The summed E-state index contributed by atoms with van der Waals surface area (Å²) in [5, 5.41) is 64.0. The average molecular weight is 1590 g/mol. The van der Waals surface area contributed by atoms with E-state index in [0.717, 1.165) is 21.6 Å².